The highest BCUT2D eigenvalue weighted by atomic mass is 16.6. The first-order valence-corrected chi connectivity index (χ1v) is 14.0. The van der Waals surface area contributed by atoms with Gasteiger partial charge in [-0.3, -0.25) is 4.79 Å². The Morgan fingerprint density at radius 2 is 1.57 bits per heavy atom. The van der Waals surface area contributed by atoms with Crippen LogP contribution in [0.3, 0.4) is 0 Å². The number of carbonyl (C=O) groups is 1. The summed E-state index contributed by atoms with van der Waals surface area (Å²) >= 11 is 0. The summed E-state index contributed by atoms with van der Waals surface area (Å²) in [4.78, 5) is 16.9. The van der Waals surface area contributed by atoms with Crippen LogP contribution in [0.15, 0.2) is 102 Å². The van der Waals surface area contributed by atoms with Crippen molar-refractivity contribution in [1.82, 2.24) is 0 Å². The minimum atomic E-state index is -0.563. The van der Waals surface area contributed by atoms with E-state index in [4.69, 9.17) is 14.3 Å². The minimum Gasteiger partial charge on any atom is -0.469 e. The molecule has 0 spiro atoms. The van der Waals surface area contributed by atoms with E-state index in [1.165, 1.54) is 18.2 Å². The van der Waals surface area contributed by atoms with Crippen LogP contribution in [-0.4, -0.2) is 36.6 Å². The molecule has 1 aliphatic carbocycles. The number of ether oxygens (including phenoxy) is 2. The number of rotatable bonds is 14. The molecule has 3 aromatic rings. The molecule has 1 saturated carbocycles. The fourth-order valence-electron chi connectivity index (χ4n) is 5.08. The van der Waals surface area contributed by atoms with Gasteiger partial charge in [-0.25, -0.2) is 0 Å². The quantitative estimate of drug-likeness (QED) is 0.0805. The van der Waals surface area contributed by atoms with E-state index in [-0.39, 0.29) is 23.9 Å². The first-order chi connectivity index (χ1) is 19.6. The van der Waals surface area contributed by atoms with Gasteiger partial charge in [0, 0.05) is 25.0 Å². The summed E-state index contributed by atoms with van der Waals surface area (Å²) in [5, 5.41) is 15.1. The maximum absolute atomic E-state index is 11.4. The van der Waals surface area contributed by atoms with Crippen molar-refractivity contribution in [2.24, 2.45) is 17.0 Å². The van der Waals surface area contributed by atoms with Gasteiger partial charge in [0.25, 0.3) is 0 Å². The molecule has 1 N–H and O–H groups in total. The number of carbonyl (C=O) groups excluding carboxylic acids is 1. The molecule has 0 aromatic heterocycles. The van der Waals surface area contributed by atoms with Gasteiger partial charge in [0.1, 0.15) is 6.61 Å². The third kappa shape index (κ3) is 8.90. The van der Waals surface area contributed by atoms with Gasteiger partial charge >= 0.3 is 5.97 Å². The lowest BCUT2D eigenvalue weighted by atomic mass is 9.91. The molecule has 3 aromatic carbocycles. The highest BCUT2D eigenvalue weighted by Crippen LogP contribution is 2.37. The maximum atomic E-state index is 11.4. The molecular weight excluding hydrogens is 502 g/mol. The molecule has 6 nitrogen and oxygen atoms in total. The summed E-state index contributed by atoms with van der Waals surface area (Å²) in [7, 11) is 1.41. The number of nitrogens with zero attached hydrogens (tertiary/aromatic N) is 1. The van der Waals surface area contributed by atoms with Gasteiger partial charge in [-0.15, -0.1) is 0 Å². The Morgan fingerprint density at radius 1 is 0.900 bits per heavy atom. The smallest absolute Gasteiger partial charge is 0.305 e. The molecule has 210 valence electrons. The summed E-state index contributed by atoms with van der Waals surface area (Å²) in [5.41, 5.74) is 4.48. The summed E-state index contributed by atoms with van der Waals surface area (Å²) in [6, 6.07) is 28.6. The highest BCUT2D eigenvalue weighted by Gasteiger charge is 2.42. The Hall–Kier alpha value is -3.74. The van der Waals surface area contributed by atoms with E-state index in [2.05, 4.69) is 53.7 Å². The Morgan fingerprint density at radius 3 is 2.30 bits per heavy atom. The van der Waals surface area contributed by atoms with Crippen LogP contribution in [0.5, 0.6) is 0 Å². The minimum absolute atomic E-state index is 0.0551. The zero-order valence-electron chi connectivity index (χ0n) is 23.1. The standard InChI is InChI=1S/C34H39NO5/c1-38-34(37)17-11-3-2-10-16-30-31(23-35-40-25-26-12-6-4-7-13-26)32(36)22-33(30)39-24-27-18-20-29(21-19-27)28-14-8-5-9-15-28/h2,4-10,12-15,18-21,23,30-33,36H,3,11,16-17,22,24-25H2,1H3/b10-2-,35-23?/t30-,31-,32-,33+/m1/s1. The first kappa shape index (κ1) is 29.2. The van der Waals surface area contributed by atoms with Gasteiger partial charge < -0.3 is 19.4 Å². The zero-order chi connectivity index (χ0) is 28.0. The van der Waals surface area contributed by atoms with Crippen molar-refractivity contribution in [2.75, 3.05) is 7.11 Å². The van der Waals surface area contributed by atoms with Crippen LogP contribution in [0.2, 0.25) is 0 Å². The van der Waals surface area contributed by atoms with Crippen LogP contribution in [-0.2, 0) is 32.3 Å². The molecule has 4 atom stereocenters. The van der Waals surface area contributed by atoms with Gasteiger partial charge in [-0.1, -0.05) is 102 Å². The van der Waals surface area contributed by atoms with E-state index in [0.29, 0.717) is 26.1 Å². The molecule has 0 radical (unpaired) electrons. The monoisotopic (exact) mass is 541 g/mol. The SMILES string of the molecule is COC(=O)CCC/C=C\C[C@@H]1[C@@H](C=NOCc2ccccc2)[C@H](O)C[C@@H]1OCc1ccc(-c2ccccc2)cc1. The van der Waals surface area contributed by atoms with E-state index >= 15 is 0 Å². The number of unbranched alkanes of at least 4 members (excludes halogenated alkanes) is 1. The summed E-state index contributed by atoms with van der Waals surface area (Å²) in [6.07, 6.45) is 8.50. The second kappa shape index (κ2) is 15.8. The lowest BCUT2D eigenvalue weighted by Crippen LogP contribution is -2.24. The topological polar surface area (TPSA) is 77.4 Å². The number of hydrogen-bond acceptors (Lipinski definition) is 6. The third-order valence-electron chi connectivity index (χ3n) is 7.35. The molecule has 1 fully saturated rings. The fourth-order valence-corrected chi connectivity index (χ4v) is 5.08. The van der Waals surface area contributed by atoms with Crippen molar-refractivity contribution >= 4 is 12.2 Å². The van der Waals surface area contributed by atoms with Crippen molar-refractivity contribution in [3.8, 4) is 11.1 Å². The van der Waals surface area contributed by atoms with Gasteiger partial charge in [-0.05, 0) is 47.4 Å². The van der Waals surface area contributed by atoms with E-state index in [0.717, 1.165) is 30.4 Å². The molecule has 0 bridgehead atoms. The molecule has 40 heavy (non-hydrogen) atoms. The van der Waals surface area contributed by atoms with Crippen LogP contribution >= 0.6 is 0 Å². The normalized spacial score (nSPS) is 20.8. The summed E-state index contributed by atoms with van der Waals surface area (Å²) < 4.78 is 11.1. The average Bonchev–Trinajstić information content (AvgIpc) is 3.30. The fraction of sp³-hybridized carbons (Fsp3) is 0.353. The summed E-state index contributed by atoms with van der Waals surface area (Å²) in [5.74, 6) is -0.315. The van der Waals surface area contributed by atoms with Crippen molar-refractivity contribution < 1.29 is 24.2 Å². The van der Waals surface area contributed by atoms with E-state index in [1.54, 1.807) is 6.21 Å². The highest BCUT2D eigenvalue weighted by molar-refractivity contribution is 5.69. The number of aliphatic hydroxyl groups excluding tert-OH is 1. The molecule has 4 rings (SSSR count). The Balaban J connectivity index is 1.36. The van der Waals surface area contributed by atoms with E-state index < -0.39 is 6.10 Å². The number of esters is 1. The van der Waals surface area contributed by atoms with Crippen LogP contribution < -0.4 is 0 Å². The van der Waals surface area contributed by atoms with Crippen molar-refractivity contribution in [2.45, 2.75) is 57.5 Å². The predicted molar refractivity (Wildman–Crippen MR) is 157 cm³/mol. The molecule has 0 heterocycles. The van der Waals surface area contributed by atoms with Gasteiger partial charge in [-0.2, -0.15) is 0 Å². The summed E-state index contributed by atoms with van der Waals surface area (Å²) in [6.45, 7) is 0.851. The molecule has 6 heteroatoms. The van der Waals surface area contributed by atoms with Crippen LogP contribution in [0.25, 0.3) is 11.1 Å². The molecule has 0 aliphatic heterocycles. The zero-order valence-corrected chi connectivity index (χ0v) is 23.1. The van der Waals surface area contributed by atoms with Crippen LogP contribution in [0.4, 0.5) is 0 Å². The largest absolute Gasteiger partial charge is 0.469 e. The van der Waals surface area contributed by atoms with Gasteiger partial charge in [0.15, 0.2) is 0 Å². The number of benzene rings is 3. The lowest BCUT2D eigenvalue weighted by molar-refractivity contribution is -0.140. The molecular formula is C34H39NO5. The first-order valence-electron chi connectivity index (χ1n) is 14.0. The Labute approximate surface area is 237 Å². The number of hydrogen-bond donors (Lipinski definition) is 1. The lowest BCUT2D eigenvalue weighted by Gasteiger charge is -2.22. The third-order valence-corrected chi connectivity index (χ3v) is 7.35. The van der Waals surface area contributed by atoms with Gasteiger partial charge in [0.05, 0.1) is 25.9 Å². The van der Waals surface area contributed by atoms with Crippen LogP contribution in [0.1, 0.15) is 43.2 Å². The van der Waals surface area contributed by atoms with E-state index in [9.17, 15) is 9.90 Å². The number of allylic oxidation sites excluding steroid dienone is 2. The molecule has 0 amide bonds. The van der Waals surface area contributed by atoms with Crippen molar-refractivity contribution in [1.29, 1.82) is 0 Å². The second-order valence-corrected chi connectivity index (χ2v) is 10.1. The number of oxime groups is 1. The maximum Gasteiger partial charge on any atom is 0.305 e. The van der Waals surface area contributed by atoms with E-state index in [1.807, 2.05) is 48.5 Å². The Bertz CT molecular complexity index is 1210. The number of aliphatic hydroxyl groups is 1. The molecule has 1 aliphatic rings. The number of methoxy groups -OCH3 is 1. The van der Waals surface area contributed by atoms with Crippen molar-refractivity contribution in [3.05, 3.63) is 108 Å². The predicted octanol–water partition coefficient (Wildman–Crippen LogP) is 6.73. The van der Waals surface area contributed by atoms with Crippen LogP contribution in [0, 0.1) is 11.8 Å². The average molecular weight is 542 g/mol. The molecule has 0 saturated heterocycles. The molecule has 0 unspecified atom stereocenters. The second-order valence-electron chi connectivity index (χ2n) is 10.1. The Kier molecular flexibility index (Phi) is 11.5. The van der Waals surface area contributed by atoms with Gasteiger partial charge in [0.2, 0.25) is 0 Å². The van der Waals surface area contributed by atoms with Crippen molar-refractivity contribution in [3.63, 3.8) is 0 Å².